The molecule has 2 N–H and O–H groups in total. The van der Waals surface area contributed by atoms with Gasteiger partial charge in [-0.1, -0.05) is 0 Å². The normalized spacial score (nSPS) is 22.6. The molecule has 6 heteroatoms. The summed E-state index contributed by atoms with van der Waals surface area (Å²) in [6, 6.07) is 1.88. The minimum atomic E-state index is -0.802. The van der Waals surface area contributed by atoms with Gasteiger partial charge < -0.3 is 10.6 Å². The van der Waals surface area contributed by atoms with Crippen molar-refractivity contribution in [1.82, 2.24) is 0 Å². The van der Waals surface area contributed by atoms with E-state index in [2.05, 4.69) is 0 Å². The molecule has 20 heavy (non-hydrogen) atoms. The molecule has 0 spiro atoms. The van der Waals surface area contributed by atoms with Crippen LogP contribution in [-0.4, -0.2) is 24.8 Å². The second kappa shape index (κ2) is 5.56. The van der Waals surface area contributed by atoms with E-state index >= 15 is 0 Å². The Balaban J connectivity index is 2.38. The number of benzene rings is 1. The van der Waals surface area contributed by atoms with Gasteiger partial charge in [-0.3, -0.25) is 9.59 Å². The fraction of sp³-hybridized carbons (Fsp3) is 0.429. The Hall–Kier alpha value is -1.98. The Bertz CT molecular complexity index is 525. The van der Waals surface area contributed by atoms with Crippen LogP contribution in [0.15, 0.2) is 12.1 Å². The zero-order chi connectivity index (χ0) is 14.9. The van der Waals surface area contributed by atoms with Gasteiger partial charge in [0.2, 0.25) is 5.91 Å². The van der Waals surface area contributed by atoms with Crippen LogP contribution in [0.3, 0.4) is 0 Å². The summed E-state index contributed by atoms with van der Waals surface area (Å²) in [7, 11) is 0. The molecule has 1 aliphatic heterocycles. The summed E-state index contributed by atoms with van der Waals surface area (Å²) in [6.45, 7) is 2.02. The fourth-order valence-electron chi connectivity index (χ4n) is 2.58. The SMILES string of the molecule is CC1CCC(C(N)=O)CN1c1c(F)cc(C=O)cc1F. The molecule has 1 amide bonds. The third kappa shape index (κ3) is 2.64. The molecule has 0 radical (unpaired) electrons. The summed E-state index contributed by atoms with van der Waals surface area (Å²) in [5.41, 5.74) is 5.02. The molecule has 108 valence electrons. The number of aldehydes is 1. The first kappa shape index (κ1) is 14.4. The van der Waals surface area contributed by atoms with Gasteiger partial charge in [-0.25, -0.2) is 8.78 Å². The van der Waals surface area contributed by atoms with Gasteiger partial charge in [-0.15, -0.1) is 0 Å². The molecule has 0 bridgehead atoms. The first-order chi connectivity index (χ1) is 9.43. The Morgan fingerprint density at radius 1 is 1.35 bits per heavy atom. The van der Waals surface area contributed by atoms with E-state index in [4.69, 9.17) is 5.73 Å². The van der Waals surface area contributed by atoms with Crippen LogP contribution in [0.25, 0.3) is 0 Å². The Morgan fingerprint density at radius 2 is 1.95 bits per heavy atom. The molecule has 4 nitrogen and oxygen atoms in total. The average Bonchev–Trinajstić information content (AvgIpc) is 2.39. The molecular formula is C14H16F2N2O2. The lowest BCUT2D eigenvalue weighted by molar-refractivity contribution is -0.122. The molecule has 2 unspecified atom stereocenters. The van der Waals surface area contributed by atoms with Crippen molar-refractivity contribution in [1.29, 1.82) is 0 Å². The quantitative estimate of drug-likeness (QED) is 0.861. The third-order valence-corrected chi connectivity index (χ3v) is 3.75. The van der Waals surface area contributed by atoms with Gasteiger partial charge in [0, 0.05) is 18.2 Å². The van der Waals surface area contributed by atoms with Crippen LogP contribution in [0.5, 0.6) is 0 Å². The topological polar surface area (TPSA) is 63.4 Å². The van der Waals surface area contributed by atoms with E-state index in [1.807, 2.05) is 6.92 Å². The predicted molar refractivity (Wildman–Crippen MR) is 70.5 cm³/mol. The second-order valence-corrected chi connectivity index (χ2v) is 5.13. The molecule has 1 fully saturated rings. The lowest BCUT2D eigenvalue weighted by atomic mass is 9.92. The van der Waals surface area contributed by atoms with Crippen LogP contribution in [0.2, 0.25) is 0 Å². The standard InChI is InChI=1S/C14H16F2N2O2/c1-8-2-3-10(14(17)20)6-18(8)13-11(15)4-9(7-19)5-12(13)16/h4-5,7-8,10H,2-3,6H2,1H3,(H2,17,20). The van der Waals surface area contributed by atoms with Gasteiger partial charge in [0.1, 0.15) is 23.6 Å². The average molecular weight is 282 g/mol. The van der Waals surface area contributed by atoms with Crippen molar-refractivity contribution in [3.63, 3.8) is 0 Å². The highest BCUT2D eigenvalue weighted by Crippen LogP contribution is 2.32. The Labute approximate surface area is 115 Å². The number of carbonyl (C=O) groups excluding carboxylic acids is 2. The molecule has 0 aliphatic carbocycles. The number of nitrogens with zero attached hydrogens (tertiary/aromatic N) is 1. The maximum Gasteiger partial charge on any atom is 0.222 e. The molecule has 2 rings (SSSR count). The van der Waals surface area contributed by atoms with Crippen molar-refractivity contribution >= 4 is 17.9 Å². The summed E-state index contributed by atoms with van der Waals surface area (Å²) in [6.07, 6.45) is 1.63. The van der Waals surface area contributed by atoms with Crippen LogP contribution < -0.4 is 10.6 Å². The number of carbonyl (C=O) groups is 2. The molecular weight excluding hydrogens is 266 g/mol. The molecule has 1 saturated heterocycles. The van der Waals surface area contributed by atoms with Crippen LogP contribution in [0.4, 0.5) is 14.5 Å². The minimum absolute atomic E-state index is 0.0557. The maximum absolute atomic E-state index is 14.0. The van der Waals surface area contributed by atoms with E-state index in [0.29, 0.717) is 19.1 Å². The molecule has 1 heterocycles. The van der Waals surface area contributed by atoms with Crippen molar-refractivity contribution < 1.29 is 18.4 Å². The predicted octanol–water partition coefficient (Wildman–Crippen LogP) is 1.87. The number of piperidine rings is 1. The van der Waals surface area contributed by atoms with Crippen molar-refractivity contribution in [3.05, 3.63) is 29.3 Å². The molecule has 0 aromatic heterocycles. The first-order valence-corrected chi connectivity index (χ1v) is 6.44. The smallest absolute Gasteiger partial charge is 0.222 e. The van der Waals surface area contributed by atoms with Crippen molar-refractivity contribution in [3.8, 4) is 0 Å². The van der Waals surface area contributed by atoms with Gasteiger partial charge in [-0.2, -0.15) is 0 Å². The van der Waals surface area contributed by atoms with Gasteiger partial charge in [0.05, 0.1) is 5.92 Å². The summed E-state index contributed by atoms with van der Waals surface area (Å²) < 4.78 is 28.1. The molecule has 2 atom stereocenters. The zero-order valence-electron chi connectivity index (χ0n) is 11.1. The number of hydrogen-bond acceptors (Lipinski definition) is 3. The van der Waals surface area contributed by atoms with E-state index < -0.39 is 23.5 Å². The molecule has 1 aromatic carbocycles. The van der Waals surface area contributed by atoms with Crippen molar-refractivity contribution in [2.24, 2.45) is 11.7 Å². The number of hydrogen-bond donors (Lipinski definition) is 1. The zero-order valence-corrected chi connectivity index (χ0v) is 11.1. The number of primary amides is 1. The van der Waals surface area contributed by atoms with E-state index in [1.54, 1.807) is 0 Å². The largest absolute Gasteiger partial charge is 0.369 e. The van der Waals surface area contributed by atoms with Crippen LogP contribution in [0, 0.1) is 17.6 Å². The van der Waals surface area contributed by atoms with Crippen LogP contribution >= 0.6 is 0 Å². The summed E-state index contributed by atoms with van der Waals surface area (Å²) >= 11 is 0. The van der Waals surface area contributed by atoms with Gasteiger partial charge >= 0.3 is 0 Å². The molecule has 1 aromatic rings. The molecule has 1 aliphatic rings. The summed E-state index contributed by atoms with van der Waals surface area (Å²) in [5, 5.41) is 0. The highest BCUT2D eigenvalue weighted by Gasteiger charge is 2.31. The van der Waals surface area contributed by atoms with E-state index in [-0.39, 0.29) is 23.8 Å². The minimum Gasteiger partial charge on any atom is -0.369 e. The van der Waals surface area contributed by atoms with E-state index in [1.165, 1.54) is 4.90 Å². The number of rotatable bonds is 3. The Morgan fingerprint density at radius 3 is 2.45 bits per heavy atom. The highest BCUT2D eigenvalue weighted by atomic mass is 19.1. The van der Waals surface area contributed by atoms with E-state index in [9.17, 15) is 18.4 Å². The number of nitrogens with two attached hydrogens (primary N) is 1. The van der Waals surface area contributed by atoms with Gasteiger partial charge in [-0.05, 0) is 31.9 Å². The van der Waals surface area contributed by atoms with Crippen molar-refractivity contribution in [2.45, 2.75) is 25.8 Å². The monoisotopic (exact) mass is 282 g/mol. The van der Waals surface area contributed by atoms with Gasteiger partial charge in [0.25, 0.3) is 0 Å². The third-order valence-electron chi connectivity index (χ3n) is 3.75. The Kier molecular flexibility index (Phi) is 4.01. The van der Waals surface area contributed by atoms with Crippen molar-refractivity contribution in [2.75, 3.05) is 11.4 Å². The lowest BCUT2D eigenvalue weighted by Gasteiger charge is -2.38. The van der Waals surface area contributed by atoms with E-state index in [0.717, 1.165) is 12.1 Å². The number of halogens is 2. The second-order valence-electron chi connectivity index (χ2n) is 5.13. The fourth-order valence-corrected chi connectivity index (χ4v) is 2.58. The van der Waals surface area contributed by atoms with Crippen LogP contribution in [-0.2, 0) is 4.79 Å². The number of anilines is 1. The molecule has 0 saturated carbocycles. The van der Waals surface area contributed by atoms with Crippen LogP contribution in [0.1, 0.15) is 30.1 Å². The number of amides is 1. The first-order valence-electron chi connectivity index (χ1n) is 6.44. The van der Waals surface area contributed by atoms with Gasteiger partial charge in [0.15, 0.2) is 0 Å². The lowest BCUT2D eigenvalue weighted by Crippen LogP contribution is -2.46. The summed E-state index contributed by atoms with van der Waals surface area (Å²) in [5.74, 6) is -2.49. The highest BCUT2D eigenvalue weighted by molar-refractivity contribution is 5.78. The maximum atomic E-state index is 14.0. The summed E-state index contributed by atoms with van der Waals surface area (Å²) in [4.78, 5) is 23.4.